The molecule has 0 unspecified atom stereocenters. The van der Waals surface area contributed by atoms with Crippen molar-refractivity contribution in [2.24, 2.45) is 4.99 Å². The molecular formula is C17H26ClIN6O. The first-order valence-electron chi connectivity index (χ1n) is 8.34. The van der Waals surface area contributed by atoms with E-state index >= 15 is 0 Å². The predicted molar refractivity (Wildman–Crippen MR) is 114 cm³/mol. The molecule has 0 spiro atoms. The van der Waals surface area contributed by atoms with Gasteiger partial charge in [0.25, 0.3) is 0 Å². The molecule has 144 valence electrons. The molecule has 0 saturated carbocycles. The summed E-state index contributed by atoms with van der Waals surface area (Å²) in [5.74, 6) is 1.90. The largest absolute Gasteiger partial charge is 0.357 e. The summed E-state index contributed by atoms with van der Waals surface area (Å²) < 4.78 is 5.28. The number of pyridine rings is 1. The van der Waals surface area contributed by atoms with Crippen LogP contribution in [-0.4, -0.2) is 34.2 Å². The highest BCUT2D eigenvalue weighted by atomic mass is 127. The van der Waals surface area contributed by atoms with Crippen molar-refractivity contribution in [2.75, 3.05) is 13.1 Å². The highest BCUT2D eigenvalue weighted by Crippen LogP contribution is 2.19. The minimum atomic E-state index is -0.162. The van der Waals surface area contributed by atoms with Gasteiger partial charge in [0, 0.05) is 24.7 Å². The van der Waals surface area contributed by atoms with E-state index in [9.17, 15) is 0 Å². The van der Waals surface area contributed by atoms with Gasteiger partial charge in [0.05, 0.1) is 0 Å². The van der Waals surface area contributed by atoms with Gasteiger partial charge in [-0.3, -0.25) is 0 Å². The van der Waals surface area contributed by atoms with Crippen LogP contribution in [0.3, 0.4) is 0 Å². The fraction of sp³-hybridized carbons (Fsp3) is 0.529. The molecule has 2 aromatic heterocycles. The lowest BCUT2D eigenvalue weighted by molar-refractivity contribution is 0.318. The van der Waals surface area contributed by atoms with Gasteiger partial charge in [0.2, 0.25) is 5.89 Å². The van der Waals surface area contributed by atoms with Crippen LogP contribution in [0.5, 0.6) is 0 Å². The standard InChI is InChI=1S/C17H25ClN6O.HI/c1-5-19-16(20-9-8-12-6-7-13(18)21-10-12)22-11-14-23-15(25-24-14)17(2,3)4;/h6-7,10H,5,8-9,11H2,1-4H3,(H2,19,20,22);1H. The minimum Gasteiger partial charge on any atom is -0.357 e. The van der Waals surface area contributed by atoms with E-state index in [1.54, 1.807) is 12.3 Å². The maximum absolute atomic E-state index is 5.79. The molecule has 9 heteroatoms. The molecular weight excluding hydrogens is 467 g/mol. The maximum atomic E-state index is 5.79. The Morgan fingerprint density at radius 2 is 2.04 bits per heavy atom. The molecule has 0 bridgehead atoms. The van der Waals surface area contributed by atoms with Gasteiger partial charge in [-0.15, -0.1) is 24.0 Å². The van der Waals surface area contributed by atoms with Crippen LogP contribution in [0.15, 0.2) is 27.8 Å². The summed E-state index contributed by atoms with van der Waals surface area (Å²) in [6, 6.07) is 3.76. The van der Waals surface area contributed by atoms with Gasteiger partial charge in [0.1, 0.15) is 11.7 Å². The summed E-state index contributed by atoms with van der Waals surface area (Å²) in [7, 11) is 0. The smallest absolute Gasteiger partial charge is 0.232 e. The Kier molecular flexibility index (Phi) is 9.28. The highest BCUT2D eigenvalue weighted by molar-refractivity contribution is 14.0. The number of aliphatic imine (C=N–C) groups is 1. The molecule has 0 aliphatic heterocycles. The van der Waals surface area contributed by atoms with Crippen LogP contribution in [-0.2, 0) is 18.4 Å². The van der Waals surface area contributed by atoms with Crippen molar-refractivity contribution in [1.29, 1.82) is 0 Å². The van der Waals surface area contributed by atoms with E-state index in [0.717, 1.165) is 25.1 Å². The molecule has 0 aliphatic carbocycles. The van der Waals surface area contributed by atoms with E-state index in [1.807, 2.05) is 33.8 Å². The molecule has 26 heavy (non-hydrogen) atoms. The molecule has 7 nitrogen and oxygen atoms in total. The Balaban J connectivity index is 0.00000338. The van der Waals surface area contributed by atoms with Gasteiger partial charge in [-0.05, 0) is 25.0 Å². The molecule has 0 radical (unpaired) electrons. The van der Waals surface area contributed by atoms with Crippen molar-refractivity contribution in [3.63, 3.8) is 0 Å². The fourth-order valence-corrected chi connectivity index (χ4v) is 2.11. The summed E-state index contributed by atoms with van der Waals surface area (Å²) in [6.07, 6.45) is 2.60. The van der Waals surface area contributed by atoms with Crippen molar-refractivity contribution in [3.8, 4) is 0 Å². The lowest BCUT2D eigenvalue weighted by Crippen LogP contribution is -2.38. The van der Waals surface area contributed by atoms with Crippen molar-refractivity contribution >= 4 is 41.5 Å². The zero-order valence-electron chi connectivity index (χ0n) is 15.5. The SMILES string of the molecule is CCNC(=NCc1noc(C(C)(C)C)n1)NCCc1ccc(Cl)nc1.I. The monoisotopic (exact) mass is 492 g/mol. The van der Waals surface area contributed by atoms with Crippen LogP contribution in [0.25, 0.3) is 0 Å². The van der Waals surface area contributed by atoms with Crippen molar-refractivity contribution in [3.05, 3.63) is 40.8 Å². The second-order valence-corrected chi connectivity index (χ2v) is 7.01. The van der Waals surface area contributed by atoms with Crippen molar-refractivity contribution < 1.29 is 4.52 Å². The summed E-state index contributed by atoms with van der Waals surface area (Å²) in [5, 5.41) is 11.0. The molecule has 0 aliphatic rings. The molecule has 0 aromatic carbocycles. The number of hydrogen-bond donors (Lipinski definition) is 2. The minimum absolute atomic E-state index is 0. The van der Waals surface area contributed by atoms with Crippen LogP contribution < -0.4 is 10.6 Å². The van der Waals surface area contributed by atoms with Crippen LogP contribution in [0, 0.1) is 0 Å². The van der Waals surface area contributed by atoms with Crippen molar-refractivity contribution in [1.82, 2.24) is 25.8 Å². The van der Waals surface area contributed by atoms with Crippen LogP contribution in [0.1, 0.15) is 45.0 Å². The lowest BCUT2D eigenvalue weighted by Gasteiger charge is -2.11. The molecule has 0 amide bonds. The summed E-state index contributed by atoms with van der Waals surface area (Å²) in [4.78, 5) is 13.0. The third-order valence-corrected chi connectivity index (χ3v) is 3.55. The van der Waals surface area contributed by atoms with Crippen LogP contribution >= 0.6 is 35.6 Å². The van der Waals surface area contributed by atoms with Crippen molar-refractivity contribution in [2.45, 2.75) is 46.1 Å². The molecule has 2 N–H and O–H groups in total. The number of hydrogen-bond acceptors (Lipinski definition) is 5. The number of nitrogens with one attached hydrogen (secondary N) is 2. The first-order valence-corrected chi connectivity index (χ1v) is 8.72. The molecule has 2 rings (SSSR count). The molecule has 2 heterocycles. The van der Waals surface area contributed by atoms with E-state index in [4.69, 9.17) is 16.1 Å². The second kappa shape index (κ2) is 10.7. The zero-order valence-corrected chi connectivity index (χ0v) is 18.6. The average molecular weight is 493 g/mol. The second-order valence-electron chi connectivity index (χ2n) is 6.63. The normalized spacial score (nSPS) is 11.8. The summed E-state index contributed by atoms with van der Waals surface area (Å²) in [5.41, 5.74) is 0.949. The van der Waals surface area contributed by atoms with Gasteiger partial charge >= 0.3 is 0 Å². The number of aromatic nitrogens is 3. The van der Waals surface area contributed by atoms with Crippen LogP contribution in [0.4, 0.5) is 0 Å². The fourth-order valence-electron chi connectivity index (χ4n) is 1.99. The van der Waals surface area contributed by atoms with E-state index in [1.165, 1.54) is 0 Å². The number of halogens is 2. The first kappa shape index (κ1) is 22.6. The van der Waals surface area contributed by atoms with Gasteiger partial charge in [-0.1, -0.05) is 43.6 Å². The molecule has 2 aromatic rings. The number of guanidine groups is 1. The van der Waals surface area contributed by atoms with Gasteiger partial charge in [-0.25, -0.2) is 9.98 Å². The van der Waals surface area contributed by atoms with E-state index in [0.29, 0.717) is 29.4 Å². The Morgan fingerprint density at radius 3 is 2.62 bits per heavy atom. The highest BCUT2D eigenvalue weighted by Gasteiger charge is 2.21. The van der Waals surface area contributed by atoms with Crippen LogP contribution in [0.2, 0.25) is 5.15 Å². The Bertz CT molecular complexity index is 696. The van der Waals surface area contributed by atoms with E-state index in [-0.39, 0.29) is 29.4 Å². The van der Waals surface area contributed by atoms with Gasteiger partial charge in [0.15, 0.2) is 11.8 Å². The molecule has 0 fully saturated rings. The molecule has 0 atom stereocenters. The quantitative estimate of drug-likeness (QED) is 0.278. The Morgan fingerprint density at radius 1 is 1.27 bits per heavy atom. The topological polar surface area (TPSA) is 88.2 Å². The average Bonchev–Trinajstić information content (AvgIpc) is 3.04. The third-order valence-electron chi connectivity index (χ3n) is 3.33. The van der Waals surface area contributed by atoms with E-state index in [2.05, 4.69) is 30.8 Å². The van der Waals surface area contributed by atoms with Gasteiger partial charge < -0.3 is 15.2 Å². The maximum Gasteiger partial charge on any atom is 0.232 e. The number of nitrogens with zero attached hydrogens (tertiary/aromatic N) is 4. The first-order chi connectivity index (χ1) is 11.9. The Hall–Kier alpha value is -1.42. The Labute approximate surface area is 176 Å². The van der Waals surface area contributed by atoms with E-state index < -0.39 is 0 Å². The summed E-state index contributed by atoms with van der Waals surface area (Å²) >= 11 is 5.79. The lowest BCUT2D eigenvalue weighted by atomic mass is 9.97. The third kappa shape index (κ3) is 7.45. The van der Waals surface area contributed by atoms with Gasteiger partial charge in [-0.2, -0.15) is 4.98 Å². The zero-order chi connectivity index (χ0) is 18.3. The molecule has 0 saturated heterocycles. The predicted octanol–water partition coefficient (Wildman–Crippen LogP) is 3.33. The number of rotatable bonds is 6. The summed E-state index contributed by atoms with van der Waals surface area (Å²) in [6.45, 7) is 9.98.